The van der Waals surface area contributed by atoms with Crippen molar-refractivity contribution in [3.05, 3.63) is 42.4 Å². The molecule has 0 saturated heterocycles. The number of imidazole rings is 1. The van der Waals surface area contributed by atoms with Crippen molar-refractivity contribution in [3.63, 3.8) is 0 Å². The van der Waals surface area contributed by atoms with E-state index in [9.17, 15) is 0 Å². The number of hydrogen-bond donors (Lipinski definition) is 2. The Bertz CT molecular complexity index is 380. The Morgan fingerprint density at radius 3 is 3.12 bits per heavy atom. The summed E-state index contributed by atoms with van der Waals surface area (Å²) in [5.74, 6) is 0.995. The highest BCUT2D eigenvalue weighted by Gasteiger charge is 2.13. The quantitative estimate of drug-likeness (QED) is 0.783. The minimum Gasteiger partial charge on any atom is -0.472 e. The van der Waals surface area contributed by atoms with Crippen molar-refractivity contribution >= 4 is 0 Å². The van der Waals surface area contributed by atoms with Crippen LogP contribution in [0, 0.1) is 0 Å². The summed E-state index contributed by atoms with van der Waals surface area (Å²) >= 11 is 0. The first-order valence-electron chi connectivity index (χ1n) is 5.64. The van der Waals surface area contributed by atoms with Crippen LogP contribution in [0.15, 0.2) is 35.4 Å². The summed E-state index contributed by atoms with van der Waals surface area (Å²) in [7, 11) is 0. The molecule has 0 spiro atoms. The van der Waals surface area contributed by atoms with Gasteiger partial charge in [-0.3, -0.25) is 0 Å². The normalized spacial score (nSPS) is 12.8. The van der Waals surface area contributed by atoms with Crippen LogP contribution in [0.4, 0.5) is 0 Å². The smallest absolute Gasteiger partial charge is 0.107 e. The number of rotatable bonds is 6. The molecule has 0 amide bonds. The molecule has 2 N–H and O–H groups in total. The number of aromatic nitrogens is 2. The van der Waals surface area contributed by atoms with Gasteiger partial charge in [0, 0.05) is 30.4 Å². The summed E-state index contributed by atoms with van der Waals surface area (Å²) in [6, 6.07) is 2.26. The van der Waals surface area contributed by atoms with Gasteiger partial charge in [-0.1, -0.05) is 6.92 Å². The largest absolute Gasteiger partial charge is 0.472 e. The molecule has 2 aromatic heterocycles. The van der Waals surface area contributed by atoms with Gasteiger partial charge in [0.15, 0.2) is 0 Å². The highest BCUT2D eigenvalue weighted by Crippen LogP contribution is 2.17. The molecule has 1 unspecified atom stereocenters. The van der Waals surface area contributed by atoms with E-state index in [0.29, 0.717) is 0 Å². The Morgan fingerprint density at radius 1 is 1.56 bits per heavy atom. The topological polar surface area (TPSA) is 53.9 Å². The van der Waals surface area contributed by atoms with Crippen molar-refractivity contribution in [3.8, 4) is 0 Å². The molecule has 0 aromatic carbocycles. The third-order valence-corrected chi connectivity index (χ3v) is 2.54. The Morgan fingerprint density at radius 2 is 2.50 bits per heavy atom. The summed E-state index contributed by atoms with van der Waals surface area (Å²) in [5, 5.41) is 3.49. The van der Waals surface area contributed by atoms with Gasteiger partial charge < -0.3 is 14.7 Å². The third kappa shape index (κ3) is 2.73. The minimum atomic E-state index is 0.268. The van der Waals surface area contributed by atoms with E-state index in [4.69, 9.17) is 4.42 Å². The van der Waals surface area contributed by atoms with Crippen LogP contribution in [-0.2, 0) is 6.42 Å². The second-order valence-corrected chi connectivity index (χ2v) is 3.80. The van der Waals surface area contributed by atoms with E-state index in [1.807, 2.05) is 12.3 Å². The van der Waals surface area contributed by atoms with Crippen LogP contribution in [0.3, 0.4) is 0 Å². The average molecular weight is 219 g/mol. The maximum absolute atomic E-state index is 5.12. The van der Waals surface area contributed by atoms with Crippen molar-refractivity contribution in [2.75, 3.05) is 6.54 Å². The molecule has 2 rings (SSSR count). The maximum Gasteiger partial charge on any atom is 0.107 e. The molecule has 16 heavy (non-hydrogen) atoms. The van der Waals surface area contributed by atoms with E-state index in [-0.39, 0.29) is 6.04 Å². The lowest BCUT2D eigenvalue weighted by molar-refractivity contribution is 0.505. The second kappa shape index (κ2) is 5.51. The second-order valence-electron chi connectivity index (χ2n) is 3.80. The van der Waals surface area contributed by atoms with E-state index >= 15 is 0 Å². The van der Waals surface area contributed by atoms with Gasteiger partial charge in [-0.25, -0.2) is 4.98 Å². The van der Waals surface area contributed by atoms with E-state index in [1.165, 1.54) is 5.56 Å². The summed E-state index contributed by atoms with van der Waals surface area (Å²) in [5.41, 5.74) is 1.17. The fourth-order valence-corrected chi connectivity index (χ4v) is 1.70. The van der Waals surface area contributed by atoms with Crippen molar-refractivity contribution in [1.82, 2.24) is 15.3 Å². The molecule has 0 bridgehead atoms. The van der Waals surface area contributed by atoms with Crippen LogP contribution in [0.25, 0.3) is 0 Å². The maximum atomic E-state index is 5.12. The van der Waals surface area contributed by atoms with E-state index in [1.54, 1.807) is 18.7 Å². The molecule has 4 heteroatoms. The van der Waals surface area contributed by atoms with Crippen LogP contribution < -0.4 is 5.32 Å². The van der Waals surface area contributed by atoms with Gasteiger partial charge in [-0.15, -0.1) is 0 Å². The van der Waals surface area contributed by atoms with Crippen molar-refractivity contribution in [2.45, 2.75) is 25.8 Å². The first-order valence-corrected chi connectivity index (χ1v) is 5.64. The lowest BCUT2D eigenvalue weighted by Crippen LogP contribution is -2.24. The highest BCUT2D eigenvalue weighted by molar-refractivity contribution is 5.13. The number of hydrogen-bond acceptors (Lipinski definition) is 3. The van der Waals surface area contributed by atoms with Gasteiger partial charge in [0.25, 0.3) is 0 Å². The Kier molecular flexibility index (Phi) is 3.77. The molecule has 4 nitrogen and oxygen atoms in total. The standard InChI is InChI=1S/C12H17N3O/c1-2-4-13-11(10-3-7-16-9-10)8-12-14-5-6-15-12/h3,5-7,9,11,13H,2,4,8H2,1H3,(H,14,15). The summed E-state index contributed by atoms with van der Waals surface area (Å²) < 4.78 is 5.12. The average Bonchev–Trinajstić information content (AvgIpc) is 2.96. The Labute approximate surface area is 95.1 Å². The fraction of sp³-hybridized carbons (Fsp3) is 0.417. The Hall–Kier alpha value is -1.55. The first kappa shape index (κ1) is 11.0. The fourth-order valence-electron chi connectivity index (χ4n) is 1.70. The van der Waals surface area contributed by atoms with Crippen LogP contribution in [-0.4, -0.2) is 16.5 Å². The molecular formula is C12H17N3O. The van der Waals surface area contributed by atoms with Gasteiger partial charge in [0.1, 0.15) is 5.82 Å². The van der Waals surface area contributed by atoms with Gasteiger partial charge in [0.05, 0.1) is 12.5 Å². The molecule has 2 heterocycles. The van der Waals surface area contributed by atoms with Crippen LogP contribution in [0.5, 0.6) is 0 Å². The van der Waals surface area contributed by atoms with E-state index < -0.39 is 0 Å². The van der Waals surface area contributed by atoms with Crippen LogP contribution in [0.2, 0.25) is 0 Å². The van der Waals surface area contributed by atoms with Crippen LogP contribution >= 0.6 is 0 Å². The van der Waals surface area contributed by atoms with Gasteiger partial charge in [-0.05, 0) is 19.0 Å². The van der Waals surface area contributed by atoms with E-state index in [2.05, 4.69) is 22.2 Å². The number of H-pyrrole nitrogens is 1. The SMILES string of the molecule is CCCNC(Cc1ncc[nH]1)c1ccoc1. The van der Waals surface area contributed by atoms with Gasteiger partial charge in [-0.2, -0.15) is 0 Å². The third-order valence-electron chi connectivity index (χ3n) is 2.54. The van der Waals surface area contributed by atoms with Crippen molar-refractivity contribution in [2.24, 2.45) is 0 Å². The monoisotopic (exact) mass is 219 g/mol. The zero-order chi connectivity index (χ0) is 11.2. The molecule has 1 atom stereocenters. The lowest BCUT2D eigenvalue weighted by Gasteiger charge is -2.15. The molecular weight excluding hydrogens is 202 g/mol. The first-order chi connectivity index (χ1) is 7.90. The molecule has 0 radical (unpaired) electrons. The number of nitrogens with one attached hydrogen (secondary N) is 2. The Balaban J connectivity index is 2.03. The summed E-state index contributed by atoms with van der Waals surface area (Å²) in [6.45, 7) is 3.16. The zero-order valence-electron chi connectivity index (χ0n) is 9.44. The van der Waals surface area contributed by atoms with Gasteiger partial charge in [0.2, 0.25) is 0 Å². The van der Waals surface area contributed by atoms with E-state index in [0.717, 1.165) is 25.2 Å². The number of nitrogens with zero attached hydrogens (tertiary/aromatic N) is 1. The summed E-state index contributed by atoms with van der Waals surface area (Å²) in [4.78, 5) is 7.37. The molecule has 0 aliphatic rings. The van der Waals surface area contributed by atoms with Crippen molar-refractivity contribution in [1.29, 1.82) is 0 Å². The molecule has 0 aliphatic heterocycles. The van der Waals surface area contributed by atoms with Crippen molar-refractivity contribution < 1.29 is 4.42 Å². The molecule has 2 aromatic rings. The van der Waals surface area contributed by atoms with Gasteiger partial charge >= 0.3 is 0 Å². The number of aromatic amines is 1. The minimum absolute atomic E-state index is 0.268. The molecule has 0 saturated carbocycles. The highest BCUT2D eigenvalue weighted by atomic mass is 16.3. The lowest BCUT2D eigenvalue weighted by atomic mass is 10.1. The molecule has 0 fully saturated rings. The zero-order valence-corrected chi connectivity index (χ0v) is 9.44. The predicted octanol–water partition coefficient (Wildman–Crippen LogP) is 2.29. The molecule has 0 aliphatic carbocycles. The molecule has 86 valence electrons. The number of furan rings is 1. The predicted molar refractivity (Wildman–Crippen MR) is 62.0 cm³/mol. The van der Waals surface area contributed by atoms with Crippen LogP contribution in [0.1, 0.15) is 30.8 Å². The summed E-state index contributed by atoms with van der Waals surface area (Å²) in [6.07, 6.45) is 9.09.